The molecule has 0 fully saturated rings. The highest BCUT2D eigenvalue weighted by atomic mass is 32.2. The number of carbonyl (C=O) groups is 1. The number of fused-ring (bicyclic) bond motifs is 2. The van der Waals surface area contributed by atoms with Crippen molar-refractivity contribution in [2.24, 2.45) is 5.92 Å². The first-order valence-corrected chi connectivity index (χ1v) is 13.7. The van der Waals surface area contributed by atoms with E-state index in [2.05, 4.69) is 9.62 Å². The van der Waals surface area contributed by atoms with Gasteiger partial charge in [-0.25, -0.2) is 8.42 Å². The maximum atomic E-state index is 13.4. The molecule has 4 rings (SSSR count). The van der Waals surface area contributed by atoms with Crippen LogP contribution in [-0.4, -0.2) is 81.2 Å². The topological polar surface area (TPSA) is 118 Å². The number of benzene rings is 2. The van der Waals surface area contributed by atoms with E-state index in [-0.39, 0.29) is 42.6 Å². The van der Waals surface area contributed by atoms with E-state index in [4.69, 9.17) is 14.2 Å². The molecule has 2 aromatic rings. The summed E-state index contributed by atoms with van der Waals surface area (Å²) in [4.78, 5) is 17.2. The molecule has 0 radical (unpaired) electrons. The van der Waals surface area contributed by atoms with Gasteiger partial charge in [0.2, 0.25) is 16.8 Å². The molecule has 0 spiro atoms. The normalized spacial score (nSPS) is 20.4. The number of aliphatic hydroxyl groups is 1. The van der Waals surface area contributed by atoms with Gasteiger partial charge < -0.3 is 24.2 Å². The average molecular weight is 520 g/mol. The van der Waals surface area contributed by atoms with Crippen molar-refractivity contribution in [3.8, 4) is 17.2 Å². The minimum atomic E-state index is -3.52. The third kappa shape index (κ3) is 6.03. The van der Waals surface area contributed by atoms with Gasteiger partial charge in [0.1, 0.15) is 11.9 Å². The van der Waals surface area contributed by atoms with E-state index in [1.807, 2.05) is 32.2 Å². The highest BCUT2D eigenvalue weighted by Gasteiger charge is 2.33. The highest BCUT2D eigenvalue weighted by Crippen LogP contribution is 2.33. The number of carbonyl (C=O) groups excluding carboxylic acids is 1. The Morgan fingerprint density at radius 3 is 2.61 bits per heavy atom. The van der Waals surface area contributed by atoms with Gasteiger partial charge in [-0.2, -0.15) is 0 Å². The summed E-state index contributed by atoms with van der Waals surface area (Å²) in [5.74, 6) is 1.49. The average Bonchev–Trinajstić information content (AvgIpc) is 3.28. The van der Waals surface area contributed by atoms with Gasteiger partial charge in [0.05, 0.1) is 24.5 Å². The molecule has 1 amide bonds. The van der Waals surface area contributed by atoms with E-state index in [0.29, 0.717) is 25.4 Å². The van der Waals surface area contributed by atoms with Crippen molar-refractivity contribution >= 4 is 21.6 Å². The van der Waals surface area contributed by atoms with Crippen molar-refractivity contribution in [1.29, 1.82) is 0 Å². The molecule has 11 heteroatoms. The van der Waals surface area contributed by atoms with Crippen LogP contribution in [0, 0.1) is 5.92 Å². The molecule has 2 heterocycles. The number of nitrogens with zero attached hydrogens (tertiary/aromatic N) is 2. The Morgan fingerprint density at radius 1 is 1.17 bits per heavy atom. The molecule has 2 aliphatic heterocycles. The third-order valence-electron chi connectivity index (χ3n) is 6.35. The number of hydrogen-bond donors (Lipinski definition) is 2. The van der Waals surface area contributed by atoms with Crippen LogP contribution in [0.15, 0.2) is 36.4 Å². The zero-order chi connectivity index (χ0) is 26.0. The Labute approximate surface area is 211 Å². The van der Waals surface area contributed by atoms with E-state index in [9.17, 15) is 18.3 Å². The third-order valence-corrected chi connectivity index (χ3v) is 6.96. The van der Waals surface area contributed by atoms with Crippen LogP contribution < -0.4 is 18.9 Å². The number of hydrogen-bond acceptors (Lipinski definition) is 8. The van der Waals surface area contributed by atoms with E-state index < -0.39 is 16.1 Å². The summed E-state index contributed by atoms with van der Waals surface area (Å²) in [5, 5.41) is 9.81. The Bertz CT molecular complexity index is 1220. The maximum Gasteiger partial charge on any atom is 0.258 e. The molecule has 2 aromatic carbocycles. The van der Waals surface area contributed by atoms with Crippen LogP contribution in [0.2, 0.25) is 0 Å². The lowest BCUT2D eigenvalue weighted by molar-refractivity contribution is 0.0341. The summed E-state index contributed by atoms with van der Waals surface area (Å²) in [6.07, 6.45) is 0.786. The quantitative estimate of drug-likeness (QED) is 0.545. The van der Waals surface area contributed by atoms with Crippen molar-refractivity contribution in [3.63, 3.8) is 0 Å². The smallest absolute Gasteiger partial charge is 0.258 e. The summed E-state index contributed by atoms with van der Waals surface area (Å²) in [6, 6.07) is 10.1. The van der Waals surface area contributed by atoms with E-state index in [1.165, 1.54) is 6.07 Å². The fraction of sp³-hybridized carbons (Fsp3) is 0.480. The maximum absolute atomic E-state index is 13.4. The van der Waals surface area contributed by atoms with Gasteiger partial charge in [-0.1, -0.05) is 13.0 Å². The minimum Gasteiger partial charge on any atom is -0.488 e. The fourth-order valence-electron chi connectivity index (χ4n) is 4.44. The first-order chi connectivity index (χ1) is 17.0. The van der Waals surface area contributed by atoms with Gasteiger partial charge in [-0.3, -0.25) is 14.4 Å². The molecule has 36 heavy (non-hydrogen) atoms. The number of ether oxygens (including phenoxy) is 3. The van der Waals surface area contributed by atoms with Crippen molar-refractivity contribution in [2.75, 3.05) is 44.5 Å². The van der Waals surface area contributed by atoms with Crippen LogP contribution in [0.4, 0.5) is 5.69 Å². The molecule has 2 aliphatic rings. The summed E-state index contributed by atoms with van der Waals surface area (Å²) >= 11 is 0. The van der Waals surface area contributed by atoms with Gasteiger partial charge in [0.25, 0.3) is 5.91 Å². The van der Waals surface area contributed by atoms with E-state index in [1.54, 1.807) is 24.0 Å². The second-order valence-corrected chi connectivity index (χ2v) is 11.3. The number of amides is 1. The molecule has 0 bridgehead atoms. The first-order valence-electron chi connectivity index (χ1n) is 11.8. The van der Waals surface area contributed by atoms with Crippen LogP contribution >= 0.6 is 0 Å². The van der Waals surface area contributed by atoms with Gasteiger partial charge in [0.15, 0.2) is 11.5 Å². The molecule has 3 atom stereocenters. The number of rotatable bonds is 8. The van der Waals surface area contributed by atoms with Crippen LogP contribution in [0.3, 0.4) is 0 Å². The number of likely N-dealkylation sites (N-methyl/N-ethyl adjacent to an activating group) is 1. The number of nitrogens with one attached hydrogen (secondary N) is 1. The zero-order valence-electron chi connectivity index (χ0n) is 20.9. The Balaban J connectivity index is 1.58. The van der Waals surface area contributed by atoms with Crippen LogP contribution in [0.1, 0.15) is 29.8 Å². The van der Waals surface area contributed by atoms with Crippen LogP contribution in [0.25, 0.3) is 0 Å². The molecular formula is C25H33N3O7S. The number of sulfonamides is 1. The van der Waals surface area contributed by atoms with Crippen molar-refractivity contribution in [2.45, 2.75) is 32.5 Å². The summed E-state index contributed by atoms with van der Waals surface area (Å²) in [6.45, 7) is 5.46. The molecule has 0 aliphatic carbocycles. The molecule has 10 nitrogen and oxygen atoms in total. The summed E-state index contributed by atoms with van der Waals surface area (Å²) in [7, 11) is -1.52. The van der Waals surface area contributed by atoms with Crippen LogP contribution in [-0.2, 0) is 16.6 Å². The minimum absolute atomic E-state index is 0.0378. The second kappa shape index (κ2) is 10.5. The van der Waals surface area contributed by atoms with Crippen molar-refractivity contribution in [1.82, 2.24) is 9.80 Å². The molecular weight excluding hydrogens is 486 g/mol. The fourth-order valence-corrected chi connectivity index (χ4v) is 5.00. The molecule has 0 aromatic heterocycles. The lowest BCUT2D eigenvalue weighted by Crippen LogP contribution is -2.49. The number of anilines is 1. The predicted octanol–water partition coefficient (Wildman–Crippen LogP) is 2.14. The Hall–Kier alpha value is -3.02. The van der Waals surface area contributed by atoms with Gasteiger partial charge >= 0.3 is 0 Å². The second-order valence-electron chi connectivity index (χ2n) is 9.59. The zero-order valence-corrected chi connectivity index (χ0v) is 21.7. The van der Waals surface area contributed by atoms with Crippen molar-refractivity contribution in [3.05, 3.63) is 47.5 Å². The monoisotopic (exact) mass is 519 g/mol. The highest BCUT2D eigenvalue weighted by molar-refractivity contribution is 7.92. The Kier molecular flexibility index (Phi) is 7.62. The Morgan fingerprint density at radius 2 is 1.89 bits per heavy atom. The molecule has 0 saturated carbocycles. The first kappa shape index (κ1) is 26.1. The lowest BCUT2D eigenvalue weighted by Gasteiger charge is -2.38. The van der Waals surface area contributed by atoms with Crippen LogP contribution in [0.5, 0.6) is 17.2 Å². The molecule has 2 N–H and O–H groups in total. The largest absolute Gasteiger partial charge is 0.488 e. The van der Waals surface area contributed by atoms with E-state index >= 15 is 0 Å². The summed E-state index contributed by atoms with van der Waals surface area (Å²) in [5.41, 5.74) is 1.59. The van der Waals surface area contributed by atoms with Gasteiger partial charge in [-0.15, -0.1) is 0 Å². The van der Waals surface area contributed by atoms with E-state index in [0.717, 1.165) is 23.3 Å². The van der Waals surface area contributed by atoms with Crippen molar-refractivity contribution < 1.29 is 32.5 Å². The molecule has 0 unspecified atom stereocenters. The standard InChI is InChI=1S/C25H33N3O7S/c1-16-11-28(17(2)14-29)25(30)20-10-19(26-36(4,31)32)6-8-21(20)35-24(16)13-27(3)12-18-5-7-22-23(9-18)34-15-33-22/h5-10,16-17,24,26,29H,11-15H2,1-4H3/t16-,17+,24+/m0/s1. The predicted molar refractivity (Wildman–Crippen MR) is 135 cm³/mol. The lowest BCUT2D eigenvalue weighted by atomic mass is 9.99. The molecule has 196 valence electrons. The van der Waals surface area contributed by atoms with Gasteiger partial charge in [-0.05, 0) is 49.9 Å². The number of aliphatic hydroxyl groups excluding tert-OH is 1. The molecule has 0 saturated heterocycles. The van der Waals surface area contributed by atoms with Gasteiger partial charge in [0, 0.05) is 31.2 Å². The summed E-state index contributed by atoms with van der Waals surface area (Å²) < 4.78 is 43.1. The SMILES string of the molecule is C[C@H](CO)N1C[C@H](C)[C@@H](CN(C)Cc2ccc3c(c2)OCO3)Oc2ccc(NS(C)(=O)=O)cc2C1=O.